The zero-order chi connectivity index (χ0) is 14.2. The van der Waals surface area contributed by atoms with E-state index in [0.717, 1.165) is 35.8 Å². The van der Waals surface area contributed by atoms with Crippen LogP contribution < -0.4 is 0 Å². The molecule has 0 spiro atoms. The molecule has 2 bridgehead atoms. The van der Waals surface area contributed by atoms with Gasteiger partial charge in [-0.2, -0.15) is 0 Å². The summed E-state index contributed by atoms with van der Waals surface area (Å²) in [6.45, 7) is 9.04. The van der Waals surface area contributed by atoms with E-state index in [1.54, 1.807) is 0 Å². The first kappa shape index (κ1) is 13.8. The van der Waals surface area contributed by atoms with Crippen LogP contribution in [0, 0.1) is 24.7 Å². The molecule has 1 aromatic heterocycles. The smallest absolute Gasteiger partial charge is 0.150 e. The summed E-state index contributed by atoms with van der Waals surface area (Å²) in [4.78, 5) is 5.20. The van der Waals surface area contributed by atoms with E-state index in [9.17, 15) is 0 Å². The normalized spacial score (nSPS) is 33.9. The number of aromatic nitrogens is 1. The van der Waals surface area contributed by atoms with Crippen LogP contribution in [0.2, 0.25) is 0 Å². The van der Waals surface area contributed by atoms with Gasteiger partial charge in [0.2, 0.25) is 0 Å². The van der Waals surface area contributed by atoms with Crippen molar-refractivity contribution in [3.63, 3.8) is 0 Å². The molecule has 0 amide bonds. The van der Waals surface area contributed by atoms with E-state index in [-0.39, 0.29) is 0 Å². The summed E-state index contributed by atoms with van der Waals surface area (Å²) in [6.07, 6.45) is 6.09. The van der Waals surface area contributed by atoms with Gasteiger partial charge in [0.25, 0.3) is 0 Å². The van der Waals surface area contributed by atoms with E-state index in [1.807, 2.05) is 6.92 Å². The Morgan fingerprint density at radius 1 is 1.14 bits per heavy atom. The maximum atomic E-state index is 5.33. The minimum Gasteiger partial charge on any atom is -0.360 e. The van der Waals surface area contributed by atoms with Gasteiger partial charge in [0, 0.05) is 38.8 Å². The number of piperazine rings is 1. The van der Waals surface area contributed by atoms with Crippen LogP contribution in [0.1, 0.15) is 37.1 Å². The summed E-state index contributed by atoms with van der Waals surface area (Å²) >= 11 is 0. The third-order valence-corrected chi connectivity index (χ3v) is 5.90. The van der Waals surface area contributed by atoms with Crippen LogP contribution in [0.5, 0.6) is 0 Å². The molecule has 1 aromatic rings. The predicted octanol–water partition coefficient (Wildman–Crippen LogP) is 2.54. The summed E-state index contributed by atoms with van der Waals surface area (Å²) in [5.74, 6) is 4.16. The average molecular weight is 289 g/mol. The highest BCUT2D eigenvalue weighted by Gasteiger charge is 2.40. The fourth-order valence-corrected chi connectivity index (χ4v) is 4.77. The number of aryl methyl sites for hydroxylation is 1. The first-order valence-electron chi connectivity index (χ1n) is 8.63. The molecule has 4 rings (SSSR count). The number of rotatable bonds is 4. The molecule has 1 aliphatic heterocycles. The molecule has 1 saturated heterocycles. The van der Waals surface area contributed by atoms with Crippen molar-refractivity contribution in [3.8, 4) is 0 Å². The van der Waals surface area contributed by atoms with Crippen LogP contribution in [0.25, 0.3) is 0 Å². The summed E-state index contributed by atoms with van der Waals surface area (Å²) in [6, 6.07) is 2.06. The van der Waals surface area contributed by atoms with Crippen molar-refractivity contribution in [2.45, 2.75) is 39.2 Å². The standard InChI is InChI=1S/C17H27N3O/c1-13-8-17(21-18-13)12-20-6-4-19(5-7-20)11-16-10-14-2-3-15(16)9-14/h8,14-16H,2-7,9-12H2,1H3/t14-,15-,16-/m0/s1. The fraction of sp³-hybridized carbons (Fsp3) is 0.824. The zero-order valence-electron chi connectivity index (χ0n) is 13.1. The quantitative estimate of drug-likeness (QED) is 0.853. The minimum atomic E-state index is 0.919. The molecule has 21 heavy (non-hydrogen) atoms. The molecular formula is C17H27N3O. The summed E-state index contributed by atoms with van der Waals surface area (Å²) in [7, 11) is 0. The second kappa shape index (κ2) is 5.73. The average Bonchev–Trinajstić information content (AvgIpc) is 3.18. The molecule has 116 valence electrons. The third-order valence-electron chi connectivity index (χ3n) is 5.90. The molecule has 2 saturated carbocycles. The molecule has 3 aliphatic rings. The van der Waals surface area contributed by atoms with E-state index in [2.05, 4.69) is 21.0 Å². The molecule has 0 N–H and O–H groups in total. The van der Waals surface area contributed by atoms with Gasteiger partial charge >= 0.3 is 0 Å². The molecule has 3 atom stereocenters. The van der Waals surface area contributed by atoms with Gasteiger partial charge in [0.05, 0.1) is 12.2 Å². The molecule has 3 fully saturated rings. The van der Waals surface area contributed by atoms with Gasteiger partial charge in [-0.1, -0.05) is 11.6 Å². The Bertz CT molecular complexity index is 478. The van der Waals surface area contributed by atoms with Crippen molar-refractivity contribution in [1.82, 2.24) is 15.0 Å². The lowest BCUT2D eigenvalue weighted by atomic mass is 9.88. The van der Waals surface area contributed by atoms with Crippen LogP contribution in [0.15, 0.2) is 10.6 Å². The van der Waals surface area contributed by atoms with Crippen LogP contribution in [0.4, 0.5) is 0 Å². The summed E-state index contributed by atoms with van der Waals surface area (Å²) in [5.41, 5.74) is 0.986. The molecule has 4 nitrogen and oxygen atoms in total. The van der Waals surface area contributed by atoms with E-state index < -0.39 is 0 Å². The Morgan fingerprint density at radius 3 is 2.57 bits per heavy atom. The first-order valence-corrected chi connectivity index (χ1v) is 8.63. The second-order valence-electron chi connectivity index (χ2n) is 7.45. The van der Waals surface area contributed by atoms with Gasteiger partial charge in [0.1, 0.15) is 0 Å². The van der Waals surface area contributed by atoms with Crippen molar-refractivity contribution in [2.24, 2.45) is 17.8 Å². The summed E-state index contributed by atoms with van der Waals surface area (Å²) in [5, 5.41) is 3.98. The van der Waals surface area contributed by atoms with Gasteiger partial charge in [-0.15, -0.1) is 0 Å². The van der Waals surface area contributed by atoms with Crippen molar-refractivity contribution < 1.29 is 4.52 Å². The van der Waals surface area contributed by atoms with Crippen molar-refractivity contribution in [1.29, 1.82) is 0 Å². The van der Waals surface area contributed by atoms with Crippen LogP contribution in [-0.2, 0) is 6.54 Å². The Kier molecular flexibility index (Phi) is 3.76. The second-order valence-corrected chi connectivity index (χ2v) is 7.45. The van der Waals surface area contributed by atoms with Gasteiger partial charge in [-0.05, 0) is 43.9 Å². The van der Waals surface area contributed by atoms with Gasteiger partial charge in [-0.3, -0.25) is 4.90 Å². The molecule has 0 aromatic carbocycles. The maximum Gasteiger partial charge on any atom is 0.150 e. The van der Waals surface area contributed by atoms with Crippen molar-refractivity contribution in [2.75, 3.05) is 32.7 Å². The van der Waals surface area contributed by atoms with Gasteiger partial charge in [0.15, 0.2) is 5.76 Å². The van der Waals surface area contributed by atoms with E-state index >= 15 is 0 Å². The van der Waals surface area contributed by atoms with Crippen LogP contribution in [0.3, 0.4) is 0 Å². The zero-order valence-corrected chi connectivity index (χ0v) is 13.1. The number of fused-ring (bicyclic) bond motifs is 2. The Labute approximate surface area is 127 Å². The lowest BCUT2D eigenvalue weighted by molar-refractivity contribution is 0.0957. The van der Waals surface area contributed by atoms with E-state index in [0.29, 0.717) is 0 Å². The molecule has 0 radical (unpaired) electrons. The molecule has 2 aliphatic carbocycles. The van der Waals surface area contributed by atoms with Crippen molar-refractivity contribution >= 4 is 0 Å². The van der Waals surface area contributed by atoms with Gasteiger partial charge < -0.3 is 9.42 Å². The maximum absolute atomic E-state index is 5.33. The Hall–Kier alpha value is -0.870. The number of nitrogens with zero attached hydrogens (tertiary/aromatic N) is 3. The lowest BCUT2D eigenvalue weighted by Crippen LogP contribution is -2.47. The lowest BCUT2D eigenvalue weighted by Gasteiger charge is -2.37. The van der Waals surface area contributed by atoms with Gasteiger partial charge in [-0.25, -0.2) is 0 Å². The van der Waals surface area contributed by atoms with Crippen molar-refractivity contribution in [3.05, 3.63) is 17.5 Å². The van der Waals surface area contributed by atoms with Crippen LogP contribution in [-0.4, -0.2) is 47.7 Å². The topological polar surface area (TPSA) is 32.5 Å². The number of hydrogen-bond acceptors (Lipinski definition) is 4. The molecule has 4 heteroatoms. The highest BCUT2D eigenvalue weighted by Crippen LogP contribution is 2.48. The number of hydrogen-bond donors (Lipinski definition) is 0. The largest absolute Gasteiger partial charge is 0.360 e. The molecule has 2 heterocycles. The molecular weight excluding hydrogens is 262 g/mol. The van der Waals surface area contributed by atoms with E-state index in [1.165, 1.54) is 58.4 Å². The fourth-order valence-electron chi connectivity index (χ4n) is 4.77. The predicted molar refractivity (Wildman–Crippen MR) is 81.9 cm³/mol. The highest BCUT2D eigenvalue weighted by molar-refractivity contribution is 5.03. The monoisotopic (exact) mass is 289 g/mol. The summed E-state index contributed by atoms with van der Waals surface area (Å²) < 4.78 is 5.33. The SMILES string of the molecule is Cc1cc(CN2CCN(C[C@@H]3C[C@H]4CC[C@H]3C4)CC2)on1. The highest BCUT2D eigenvalue weighted by atomic mass is 16.5. The van der Waals surface area contributed by atoms with Crippen LogP contribution >= 0.6 is 0 Å². The third kappa shape index (κ3) is 3.02. The van der Waals surface area contributed by atoms with E-state index in [4.69, 9.17) is 4.52 Å². The Morgan fingerprint density at radius 2 is 1.95 bits per heavy atom. The Balaban J connectivity index is 1.23. The minimum absolute atomic E-state index is 0.919. The molecule has 0 unspecified atom stereocenters. The first-order chi connectivity index (χ1) is 10.3.